The summed E-state index contributed by atoms with van der Waals surface area (Å²) in [6, 6.07) is -2.00. The van der Waals surface area contributed by atoms with Gasteiger partial charge in [-0.25, -0.2) is 4.79 Å². The molecule has 9 heteroatoms. The van der Waals surface area contributed by atoms with Gasteiger partial charge in [0.1, 0.15) is 18.2 Å². The topological polar surface area (TPSA) is 134 Å². The van der Waals surface area contributed by atoms with E-state index < -0.39 is 53.4 Å². The van der Waals surface area contributed by atoms with E-state index in [0.29, 0.717) is 13.0 Å². The Morgan fingerprint density at radius 1 is 1.18 bits per heavy atom. The van der Waals surface area contributed by atoms with Gasteiger partial charge in [-0.1, -0.05) is 20.8 Å². The first-order chi connectivity index (χ1) is 12.7. The summed E-state index contributed by atoms with van der Waals surface area (Å²) >= 11 is 0. The minimum Gasteiger partial charge on any atom is -0.444 e. The van der Waals surface area contributed by atoms with Crippen molar-refractivity contribution in [3.63, 3.8) is 0 Å². The molecule has 0 bridgehead atoms. The van der Waals surface area contributed by atoms with Gasteiger partial charge in [0.05, 0.1) is 6.04 Å². The number of rotatable bonds is 7. The largest absolute Gasteiger partial charge is 0.444 e. The Morgan fingerprint density at radius 3 is 2.21 bits per heavy atom. The van der Waals surface area contributed by atoms with Crippen LogP contribution in [0.4, 0.5) is 4.79 Å². The Labute approximate surface area is 166 Å². The zero-order chi connectivity index (χ0) is 21.7. The van der Waals surface area contributed by atoms with Gasteiger partial charge in [-0.2, -0.15) is 0 Å². The SMILES string of the molecule is CC(C)(C)OC(=O)N[C@H](C(=O)NC(C[C@@H]1CCNC1=O)C(=O)CO)C(C)(C)C. The van der Waals surface area contributed by atoms with Crippen LogP contribution >= 0.6 is 0 Å². The van der Waals surface area contributed by atoms with Crippen molar-refractivity contribution in [2.45, 2.75) is 72.1 Å². The maximum absolute atomic E-state index is 12.9. The fraction of sp³-hybridized carbons (Fsp3) is 0.789. The first kappa shape index (κ1) is 23.9. The zero-order valence-electron chi connectivity index (χ0n) is 17.5. The molecule has 1 unspecified atom stereocenters. The van der Waals surface area contributed by atoms with E-state index in [9.17, 15) is 24.3 Å². The number of aliphatic hydroxyl groups excluding tert-OH is 1. The third-order valence-corrected chi connectivity index (χ3v) is 4.33. The predicted octanol–water partition coefficient (Wildman–Crippen LogP) is 0.498. The van der Waals surface area contributed by atoms with E-state index in [1.165, 1.54) is 0 Å². The molecule has 0 aromatic carbocycles. The highest BCUT2D eigenvalue weighted by atomic mass is 16.6. The lowest BCUT2D eigenvalue weighted by molar-refractivity contribution is -0.133. The molecule has 9 nitrogen and oxygen atoms in total. The maximum Gasteiger partial charge on any atom is 0.408 e. The van der Waals surface area contributed by atoms with Crippen molar-refractivity contribution in [3.05, 3.63) is 0 Å². The average molecular weight is 399 g/mol. The summed E-state index contributed by atoms with van der Waals surface area (Å²) in [6.07, 6.45) is -0.0916. The molecule has 1 heterocycles. The quantitative estimate of drug-likeness (QED) is 0.492. The van der Waals surface area contributed by atoms with Gasteiger partial charge < -0.3 is 25.8 Å². The maximum atomic E-state index is 12.9. The number of alkyl carbamates (subject to hydrolysis) is 1. The van der Waals surface area contributed by atoms with Crippen LogP contribution in [0.3, 0.4) is 0 Å². The number of nitrogens with one attached hydrogen (secondary N) is 3. The van der Waals surface area contributed by atoms with Crippen LogP contribution in [0.15, 0.2) is 0 Å². The third-order valence-electron chi connectivity index (χ3n) is 4.33. The van der Waals surface area contributed by atoms with Gasteiger partial charge in [0, 0.05) is 12.5 Å². The molecule has 0 aromatic heterocycles. The van der Waals surface area contributed by atoms with Crippen LogP contribution in [-0.2, 0) is 19.1 Å². The Kier molecular flexibility index (Phi) is 7.98. The molecule has 1 aliphatic heterocycles. The van der Waals surface area contributed by atoms with Crippen LogP contribution in [0.5, 0.6) is 0 Å². The summed E-state index contributed by atoms with van der Waals surface area (Å²) in [4.78, 5) is 48.9. The number of amides is 3. The van der Waals surface area contributed by atoms with Gasteiger partial charge in [-0.3, -0.25) is 14.4 Å². The number of hydrogen-bond acceptors (Lipinski definition) is 6. The number of ketones is 1. The molecule has 0 saturated carbocycles. The average Bonchev–Trinajstić information content (AvgIpc) is 2.93. The molecule has 1 rings (SSSR count). The van der Waals surface area contributed by atoms with Gasteiger partial charge in [-0.05, 0) is 39.0 Å². The second kappa shape index (κ2) is 9.36. The van der Waals surface area contributed by atoms with E-state index in [0.717, 1.165) is 0 Å². The lowest BCUT2D eigenvalue weighted by atomic mass is 9.85. The molecule has 1 saturated heterocycles. The molecule has 0 aromatic rings. The van der Waals surface area contributed by atoms with Gasteiger partial charge in [0.25, 0.3) is 0 Å². The summed E-state index contributed by atoms with van der Waals surface area (Å²) in [5, 5.41) is 17.1. The van der Waals surface area contributed by atoms with Gasteiger partial charge in [0.15, 0.2) is 5.78 Å². The van der Waals surface area contributed by atoms with E-state index in [-0.39, 0.29) is 12.3 Å². The molecule has 0 radical (unpaired) electrons. The van der Waals surface area contributed by atoms with Gasteiger partial charge in [0.2, 0.25) is 11.8 Å². The van der Waals surface area contributed by atoms with Crippen molar-refractivity contribution in [3.8, 4) is 0 Å². The highest BCUT2D eigenvalue weighted by molar-refractivity contribution is 5.93. The zero-order valence-corrected chi connectivity index (χ0v) is 17.5. The van der Waals surface area contributed by atoms with Crippen molar-refractivity contribution in [1.29, 1.82) is 0 Å². The van der Waals surface area contributed by atoms with E-state index in [1.807, 2.05) is 0 Å². The molecule has 1 fully saturated rings. The summed E-state index contributed by atoms with van der Waals surface area (Å²) in [5.74, 6) is -1.75. The fourth-order valence-electron chi connectivity index (χ4n) is 2.89. The Bertz CT molecular complexity index is 606. The molecule has 3 amide bonds. The van der Waals surface area contributed by atoms with E-state index >= 15 is 0 Å². The Morgan fingerprint density at radius 2 is 1.79 bits per heavy atom. The van der Waals surface area contributed by atoms with Crippen LogP contribution in [0.2, 0.25) is 0 Å². The van der Waals surface area contributed by atoms with E-state index in [1.54, 1.807) is 41.5 Å². The van der Waals surface area contributed by atoms with Gasteiger partial charge >= 0.3 is 6.09 Å². The van der Waals surface area contributed by atoms with Crippen LogP contribution in [0, 0.1) is 11.3 Å². The molecule has 0 spiro atoms. The molecular formula is C19H33N3O6. The van der Waals surface area contributed by atoms with Crippen LogP contribution in [0.1, 0.15) is 54.4 Å². The van der Waals surface area contributed by atoms with Crippen LogP contribution in [-0.4, -0.2) is 59.6 Å². The second-order valence-corrected chi connectivity index (χ2v) is 9.14. The highest BCUT2D eigenvalue weighted by Crippen LogP contribution is 2.22. The van der Waals surface area contributed by atoms with Crippen LogP contribution < -0.4 is 16.0 Å². The number of carbonyl (C=O) groups excluding carboxylic acids is 4. The fourth-order valence-corrected chi connectivity index (χ4v) is 2.89. The normalized spacial score (nSPS) is 19.4. The molecule has 1 aliphatic rings. The smallest absolute Gasteiger partial charge is 0.408 e. The van der Waals surface area contributed by atoms with Crippen molar-refractivity contribution in [1.82, 2.24) is 16.0 Å². The standard InChI is InChI=1S/C19H33N3O6/c1-18(2,3)14(22-17(27)28-19(4,5)6)16(26)21-12(13(24)10-23)9-11-7-8-20-15(11)25/h11-12,14,23H,7-10H2,1-6H3,(H,20,25)(H,21,26)(H,22,27)/t11-,12?,14+/m0/s1. The minimum absolute atomic E-state index is 0.0975. The van der Waals surface area contributed by atoms with Crippen molar-refractivity contribution >= 4 is 23.7 Å². The summed E-state index contributed by atoms with van der Waals surface area (Å²) in [6.45, 7) is 10.2. The monoisotopic (exact) mass is 399 g/mol. The number of hydrogen-bond donors (Lipinski definition) is 4. The first-order valence-corrected chi connectivity index (χ1v) is 9.45. The first-order valence-electron chi connectivity index (χ1n) is 9.45. The highest BCUT2D eigenvalue weighted by Gasteiger charge is 2.37. The number of aliphatic hydroxyl groups is 1. The van der Waals surface area contributed by atoms with E-state index in [4.69, 9.17) is 4.74 Å². The Hall–Kier alpha value is -2.16. The molecule has 0 aliphatic carbocycles. The van der Waals surface area contributed by atoms with Crippen LogP contribution in [0.25, 0.3) is 0 Å². The molecular weight excluding hydrogens is 366 g/mol. The number of carbonyl (C=O) groups is 4. The third kappa shape index (κ3) is 7.46. The Balaban J connectivity index is 2.91. The predicted molar refractivity (Wildman–Crippen MR) is 102 cm³/mol. The number of ether oxygens (including phenoxy) is 1. The summed E-state index contributed by atoms with van der Waals surface area (Å²) < 4.78 is 5.22. The molecule has 4 N–H and O–H groups in total. The van der Waals surface area contributed by atoms with Crippen molar-refractivity contribution in [2.75, 3.05) is 13.2 Å². The van der Waals surface area contributed by atoms with Crippen molar-refractivity contribution < 1.29 is 29.0 Å². The summed E-state index contributed by atoms with van der Waals surface area (Å²) in [7, 11) is 0. The lowest BCUT2D eigenvalue weighted by Gasteiger charge is -2.32. The summed E-state index contributed by atoms with van der Waals surface area (Å²) in [5.41, 5.74) is -1.40. The number of Topliss-reactive ketones (excluding diaryl/α,β-unsaturated/α-hetero) is 1. The second-order valence-electron chi connectivity index (χ2n) is 9.14. The van der Waals surface area contributed by atoms with Crippen molar-refractivity contribution in [2.24, 2.45) is 11.3 Å². The molecule has 3 atom stereocenters. The minimum atomic E-state index is -1.02. The van der Waals surface area contributed by atoms with E-state index in [2.05, 4.69) is 16.0 Å². The molecule has 28 heavy (non-hydrogen) atoms. The lowest BCUT2D eigenvalue weighted by Crippen LogP contribution is -2.57. The van der Waals surface area contributed by atoms with Gasteiger partial charge in [-0.15, -0.1) is 0 Å². The molecule has 160 valence electrons.